The van der Waals surface area contributed by atoms with Crippen LogP contribution in [0, 0.1) is 10.1 Å². The van der Waals surface area contributed by atoms with Gasteiger partial charge in [-0.05, 0) is 24.1 Å². The Labute approximate surface area is 189 Å². The van der Waals surface area contributed by atoms with Gasteiger partial charge in [0, 0.05) is 31.3 Å². The van der Waals surface area contributed by atoms with Crippen molar-refractivity contribution >= 4 is 33.3 Å². The number of fused-ring (bicyclic) bond motifs is 1. The second kappa shape index (κ2) is 8.89. The Kier molecular flexibility index (Phi) is 6.15. The van der Waals surface area contributed by atoms with E-state index < -0.39 is 62.7 Å². The van der Waals surface area contributed by atoms with E-state index >= 15 is 0 Å². The quantitative estimate of drug-likeness (QED) is 0.367. The van der Waals surface area contributed by atoms with E-state index in [1.807, 2.05) is 12.1 Å². The Morgan fingerprint density at radius 2 is 1.85 bits per heavy atom. The maximum absolute atomic E-state index is 13.1. The zero-order valence-electron chi connectivity index (χ0n) is 17.4. The maximum Gasteiger partial charge on any atom is 0.325 e. The number of rotatable bonds is 6. The van der Waals surface area contributed by atoms with Gasteiger partial charge in [0.2, 0.25) is 0 Å². The fraction of sp³-hybridized carbons (Fsp3) is 0.333. The van der Waals surface area contributed by atoms with E-state index in [2.05, 4.69) is 0 Å². The summed E-state index contributed by atoms with van der Waals surface area (Å²) in [6.45, 7) is -0.587. The summed E-state index contributed by atoms with van der Waals surface area (Å²) >= 11 is 0. The molecule has 1 fully saturated rings. The molecule has 2 atom stereocenters. The number of nitrogens with zero attached hydrogens (tertiary/aromatic N) is 3. The largest absolute Gasteiger partial charge is 0.454 e. The number of ether oxygens (including phenoxy) is 1. The molecule has 2 heterocycles. The van der Waals surface area contributed by atoms with Crippen molar-refractivity contribution in [3.8, 4) is 0 Å². The molecule has 174 valence electrons. The molecule has 1 N–H and O–H groups in total. The monoisotopic (exact) mass is 475 g/mol. The van der Waals surface area contributed by atoms with Crippen LogP contribution >= 0.6 is 0 Å². The lowest BCUT2D eigenvalue weighted by Gasteiger charge is -2.23. The minimum absolute atomic E-state index is 0.251. The molecule has 11 nitrogen and oxygen atoms in total. The van der Waals surface area contributed by atoms with Gasteiger partial charge >= 0.3 is 5.97 Å². The van der Waals surface area contributed by atoms with Gasteiger partial charge in [0.25, 0.3) is 21.6 Å². The molecule has 2 aromatic rings. The van der Waals surface area contributed by atoms with Crippen molar-refractivity contribution in [1.29, 1.82) is 0 Å². The van der Waals surface area contributed by atoms with Gasteiger partial charge in [-0.2, -0.15) is 4.31 Å². The van der Waals surface area contributed by atoms with Crippen LogP contribution in [0.2, 0.25) is 0 Å². The highest BCUT2D eigenvalue weighted by molar-refractivity contribution is 7.89. The fourth-order valence-electron chi connectivity index (χ4n) is 4.12. The first-order chi connectivity index (χ1) is 15.7. The number of benzene rings is 2. The van der Waals surface area contributed by atoms with Crippen molar-refractivity contribution in [2.24, 2.45) is 0 Å². The van der Waals surface area contributed by atoms with Crippen molar-refractivity contribution in [3.63, 3.8) is 0 Å². The SMILES string of the molecule is O=C(OCC(=O)N1CCc2ccccc21)[C@H]1C[C@H](O)CN1S(=O)(=O)c1ccccc1[N+](=O)[O-]. The molecule has 0 aromatic heterocycles. The molecule has 0 unspecified atom stereocenters. The summed E-state index contributed by atoms with van der Waals surface area (Å²) in [5, 5.41) is 21.3. The van der Waals surface area contributed by atoms with E-state index in [-0.39, 0.29) is 6.42 Å². The van der Waals surface area contributed by atoms with Crippen molar-refractivity contribution in [2.75, 3.05) is 24.6 Å². The summed E-state index contributed by atoms with van der Waals surface area (Å²) < 4.78 is 32.1. The zero-order valence-corrected chi connectivity index (χ0v) is 18.2. The first kappa shape index (κ1) is 22.8. The molecule has 1 amide bonds. The fourth-order valence-corrected chi connectivity index (χ4v) is 5.91. The third kappa shape index (κ3) is 4.32. The summed E-state index contributed by atoms with van der Waals surface area (Å²) in [6, 6.07) is 10.7. The van der Waals surface area contributed by atoms with Crippen LogP contribution in [0.1, 0.15) is 12.0 Å². The number of β-amino-alcohol motifs (C(OH)–C–C–N with tert-alkyl or cyclic N) is 1. The average molecular weight is 475 g/mol. The van der Waals surface area contributed by atoms with Gasteiger partial charge in [-0.25, -0.2) is 8.42 Å². The molecule has 2 aromatic carbocycles. The van der Waals surface area contributed by atoms with Gasteiger partial charge < -0.3 is 14.7 Å². The third-order valence-electron chi connectivity index (χ3n) is 5.68. The highest BCUT2D eigenvalue weighted by Crippen LogP contribution is 2.32. The molecule has 2 aliphatic rings. The summed E-state index contributed by atoms with van der Waals surface area (Å²) in [7, 11) is -4.50. The van der Waals surface area contributed by atoms with E-state index in [1.54, 1.807) is 12.1 Å². The number of aliphatic hydroxyl groups is 1. The van der Waals surface area contributed by atoms with Gasteiger partial charge in [0.1, 0.15) is 6.04 Å². The molecule has 0 radical (unpaired) electrons. The normalized spacial score (nSPS) is 20.5. The van der Waals surface area contributed by atoms with Crippen LogP contribution in [-0.4, -0.2) is 66.5 Å². The zero-order chi connectivity index (χ0) is 23.8. The number of carbonyl (C=O) groups excluding carboxylic acids is 2. The number of carbonyl (C=O) groups is 2. The number of amides is 1. The lowest BCUT2D eigenvalue weighted by molar-refractivity contribution is -0.387. The second-order valence-electron chi connectivity index (χ2n) is 7.74. The van der Waals surface area contributed by atoms with Gasteiger partial charge in [0.15, 0.2) is 11.5 Å². The summed E-state index contributed by atoms with van der Waals surface area (Å²) in [5.41, 5.74) is 1.09. The molecule has 33 heavy (non-hydrogen) atoms. The number of sulfonamides is 1. The number of para-hydroxylation sites is 2. The van der Waals surface area contributed by atoms with Crippen LogP contribution < -0.4 is 4.90 Å². The number of aliphatic hydroxyl groups excluding tert-OH is 1. The number of hydrogen-bond acceptors (Lipinski definition) is 8. The first-order valence-corrected chi connectivity index (χ1v) is 11.6. The van der Waals surface area contributed by atoms with Crippen LogP contribution in [-0.2, 0) is 30.8 Å². The molecular weight excluding hydrogens is 454 g/mol. The molecule has 0 aliphatic carbocycles. The summed E-state index contributed by atoms with van der Waals surface area (Å²) in [6.07, 6.45) is -0.743. The van der Waals surface area contributed by atoms with E-state index in [0.717, 1.165) is 23.4 Å². The number of hydrogen-bond donors (Lipinski definition) is 1. The average Bonchev–Trinajstić information content (AvgIpc) is 3.41. The molecule has 0 saturated carbocycles. The first-order valence-electron chi connectivity index (χ1n) is 10.2. The van der Waals surface area contributed by atoms with E-state index in [1.165, 1.54) is 17.0 Å². The lowest BCUT2D eigenvalue weighted by atomic mass is 10.2. The van der Waals surface area contributed by atoms with Crippen molar-refractivity contribution in [3.05, 3.63) is 64.2 Å². The van der Waals surface area contributed by atoms with Crippen LogP contribution in [0.3, 0.4) is 0 Å². The lowest BCUT2D eigenvalue weighted by Crippen LogP contribution is -2.43. The minimum Gasteiger partial charge on any atom is -0.454 e. The van der Waals surface area contributed by atoms with Crippen molar-refractivity contribution < 1.29 is 32.8 Å². The number of anilines is 1. The Morgan fingerprint density at radius 1 is 1.15 bits per heavy atom. The molecule has 4 rings (SSSR count). The van der Waals surface area contributed by atoms with Crippen LogP contribution in [0.15, 0.2) is 53.4 Å². The molecule has 0 spiro atoms. The predicted molar refractivity (Wildman–Crippen MR) is 115 cm³/mol. The van der Waals surface area contributed by atoms with Crippen molar-refractivity contribution in [2.45, 2.75) is 29.9 Å². The molecule has 12 heteroatoms. The Bertz CT molecular complexity index is 1220. The van der Waals surface area contributed by atoms with Gasteiger partial charge in [-0.1, -0.05) is 30.3 Å². The maximum atomic E-state index is 13.1. The summed E-state index contributed by atoms with van der Waals surface area (Å²) in [4.78, 5) is 36.7. The minimum atomic E-state index is -4.50. The van der Waals surface area contributed by atoms with Crippen LogP contribution in [0.5, 0.6) is 0 Å². The van der Waals surface area contributed by atoms with Crippen LogP contribution in [0.4, 0.5) is 11.4 Å². The standard InChI is InChI=1S/C21H21N3O8S/c25-15-11-18(23(12-15)33(30,31)19-8-4-3-7-17(19)24(28)29)21(27)32-13-20(26)22-10-9-14-5-1-2-6-16(14)22/h1-8,15,18,25H,9-13H2/t15-,18+/m0/s1. The second-order valence-corrected chi connectivity index (χ2v) is 9.60. The Morgan fingerprint density at radius 3 is 2.61 bits per heavy atom. The topological polar surface area (TPSA) is 147 Å². The molecule has 0 bridgehead atoms. The van der Waals surface area contributed by atoms with E-state index in [9.17, 15) is 33.2 Å². The van der Waals surface area contributed by atoms with Gasteiger partial charge in [-0.15, -0.1) is 0 Å². The molecule has 1 saturated heterocycles. The number of nitro benzene ring substituents is 1. The molecule has 2 aliphatic heterocycles. The Balaban J connectivity index is 1.49. The van der Waals surface area contributed by atoms with Crippen molar-refractivity contribution in [1.82, 2.24) is 4.31 Å². The highest BCUT2D eigenvalue weighted by Gasteiger charge is 2.46. The summed E-state index contributed by atoms with van der Waals surface area (Å²) in [5.74, 6) is -1.46. The molecular formula is C21H21N3O8S. The highest BCUT2D eigenvalue weighted by atomic mass is 32.2. The smallest absolute Gasteiger partial charge is 0.325 e. The van der Waals surface area contributed by atoms with Gasteiger partial charge in [-0.3, -0.25) is 19.7 Å². The number of nitro groups is 1. The van der Waals surface area contributed by atoms with Crippen LogP contribution in [0.25, 0.3) is 0 Å². The van der Waals surface area contributed by atoms with Gasteiger partial charge in [0.05, 0.1) is 11.0 Å². The third-order valence-corrected chi connectivity index (χ3v) is 7.60. The Hall–Kier alpha value is -3.35. The predicted octanol–water partition coefficient (Wildman–Crippen LogP) is 0.851. The van der Waals surface area contributed by atoms with E-state index in [0.29, 0.717) is 17.3 Å². The van der Waals surface area contributed by atoms with E-state index in [4.69, 9.17) is 4.74 Å². The number of esters is 1.